The van der Waals surface area contributed by atoms with E-state index in [2.05, 4.69) is 155 Å². The van der Waals surface area contributed by atoms with E-state index >= 15 is 0 Å². The van der Waals surface area contributed by atoms with Crippen LogP contribution >= 0.6 is 22.7 Å². The maximum atomic E-state index is 6.22. The topological polar surface area (TPSA) is 77.8 Å². The van der Waals surface area contributed by atoms with Gasteiger partial charge in [0, 0.05) is 28.9 Å². The molecule has 0 saturated carbocycles. The van der Waals surface area contributed by atoms with Crippen molar-refractivity contribution < 1.29 is 8.83 Å². The second-order valence-corrected chi connectivity index (χ2v) is 19.7. The van der Waals surface area contributed by atoms with Crippen molar-refractivity contribution in [3.63, 3.8) is 0 Å². The lowest BCUT2D eigenvalue weighted by Crippen LogP contribution is -2.40. The van der Waals surface area contributed by atoms with E-state index in [1.807, 2.05) is 31.2 Å². The molecule has 0 amide bonds. The van der Waals surface area contributed by atoms with Crippen LogP contribution in [0.5, 0.6) is 0 Å². The van der Waals surface area contributed by atoms with E-state index in [0.717, 1.165) is 87.7 Å². The predicted molar refractivity (Wildman–Crippen MR) is 258 cm³/mol. The molecular formula is C54H44N4O2S2. The molecule has 0 aliphatic heterocycles. The molecule has 4 heterocycles. The molecule has 10 aromatic rings. The number of allylic oxidation sites excluding steroid dienone is 4. The second-order valence-electron chi connectivity index (χ2n) is 17.7. The van der Waals surface area contributed by atoms with Crippen LogP contribution in [0.2, 0.25) is 0 Å². The summed E-state index contributed by atoms with van der Waals surface area (Å²) in [4.78, 5) is 19.7. The van der Waals surface area contributed by atoms with Crippen molar-refractivity contribution in [3.05, 3.63) is 162 Å². The molecular weight excluding hydrogens is 801 g/mol. The Balaban J connectivity index is 0.794. The summed E-state index contributed by atoms with van der Waals surface area (Å²) in [5.74, 6) is 1.87. The number of hydrogen-bond donors (Lipinski definition) is 0. The van der Waals surface area contributed by atoms with Crippen LogP contribution in [0.3, 0.4) is 0 Å². The molecule has 8 heteroatoms. The van der Waals surface area contributed by atoms with Crippen molar-refractivity contribution in [1.29, 1.82) is 0 Å². The molecule has 1 unspecified atom stereocenters. The average Bonchev–Trinajstić information content (AvgIpc) is 4.09. The van der Waals surface area contributed by atoms with E-state index in [-0.39, 0.29) is 10.8 Å². The van der Waals surface area contributed by atoms with Crippen LogP contribution in [0, 0.1) is 12.8 Å². The van der Waals surface area contributed by atoms with Gasteiger partial charge in [-0.15, -0.1) is 22.7 Å². The summed E-state index contributed by atoms with van der Waals surface area (Å²) in [7, 11) is 0. The van der Waals surface area contributed by atoms with Gasteiger partial charge < -0.3 is 8.83 Å². The van der Waals surface area contributed by atoms with E-state index in [4.69, 9.17) is 23.8 Å². The van der Waals surface area contributed by atoms with Crippen LogP contribution in [-0.4, -0.2) is 19.9 Å². The number of thiazole rings is 2. The first-order valence-electron chi connectivity index (χ1n) is 21.2. The molecule has 6 nitrogen and oxygen atoms in total. The van der Waals surface area contributed by atoms with Gasteiger partial charge in [-0.1, -0.05) is 126 Å². The lowest BCUT2D eigenvalue weighted by Gasteiger charge is -2.41. The molecule has 1 aliphatic rings. The highest BCUT2D eigenvalue weighted by atomic mass is 32.1. The molecule has 4 aromatic heterocycles. The van der Waals surface area contributed by atoms with Gasteiger partial charge >= 0.3 is 0 Å². The highest BCUT2D eigenvalue weighted by Crippen LogP contribution is 2.47. The van der Waals surface area contributed by atoms with E-state index in [1.54, 1.807) is 22.7 Å². The smallest absolute Gasteiger partial charge is 0.227 e. The molecule has 1 aliphatic carbocycles. The normalized spacial score (nSPS) is 14.7. The number of hydrogen-bond acceptors (Lipinski definition) is 8. The average molecular weight is 845 g/mol. The maximum absolute atomic E-state index is 6.22. The molecule has 304 valence electrons. The van der Waals surface area contributed by atoms with Gasteiger partial charge in [0.05, 0.1) is 20.4 Å². The number of aryl methyl sites for hydroxylation is 1. The Kier molecular flexibility index (Phi) is 9.04. The third kappa shape index (κ3) is 6.69. The third-order valence-electron chi connectivity index (χ3n) is 13.1. The number of oxazole rings is 2. The van der Waals surface area contributed by atoms with Gasteiger partial charge in [0.2, 0.25) is 5.89 Å². The zero-order valence-corrected chi connectivity index (χ0v) is 37.1. The Morgan fingerprint density at radius 1 is 0.532 bits per heavy atom. The fourth-order valence-electron chi connectivity index (χ4n) is 8.45. The first-order valence-corrected chi connectivity index (χ1v) is 22.8. The molecule has 1 atom stereocenters. The van der Waals surface area contributed by atoms with Gasteiger partial charge in [0.15, 0.2) is 17.1 Å². The van der Waals surface area contributed by atoms with E-state index in [1.165, 1.54) is 21.4 Å². The third-order valence-corrected chi connectivity index (χ3v) is 15.5. The Labute approximate surface area is 368 Å². The number of aromatic nitrogens is 4. The molecule has 0 radical (unpaired) electrons. The summed E-state index contributed by atoms with van der Waals surface area (Å²) < 4.78 is 14.2. The summed E-state index contributed by atoms with van der Waals surface area (Å²) in [5, 5.41) is 2.17. The highest BCUT2D eigenvalue weighted by molar-refractivity contribution is 7.22. The van der Waals surface area contributed by atoms with Crippen molar-refractivity contribution in [2.45, 2.75) is 58.8 Å². The van der Waals surface area contributed by atoms with Crippen molar-refractivity contribution in [2.24, 2.45) is 5.92 Å². The number of benzene rings is 6. The highest BCUT2D eigenvalue weighted by Gasteiger charge is 2.42. The minimum atomic E-state index is -0.237. The Morgan fingerprint density at radius 3 is 1.77 bits per heavy atom. The van der Waals surface area contributed by atoms with Gasteiger partial charge in [-0.05, 0) is 99.8 Å². The van der Waals surface area contributed by atoms with Crippen LogP contribution in [0.4, 0.5) is 0 Å². The quantitative estimate of drug-likeness (QED) is 0.152. The monoisotopic (exact) mass is 844 g/mol. The molecule has 0 N–H and O–H groups in total. The molecule has 0 fully saturated rings. The number of nitrogens with zero attached hydrogens (tertiary/aromatic N) is 4. The molecule has 0 bridgehead atoms. The standard InChI is InChI=1S/C54H44N4O2S2/c1-31-7-9-33(10-8-31)35-13-17-38(18-14-35)51-57-44-29-49-45(30-48(44)61-51)58-52(62-49)54(5,6)53(3,4)41-23-19-36(20-24-41)34-11-15-37(16-12-34)50-56-43-28-40(22-26-47(43)60-50)39-21-25-46-42(27-39)55-32(2)59-46/h7,9-31H,8H2,1-6H3. The summed E-state index contributed by atoms with van der Waals surface area (Å²) in [6.07, 6.45) is 7.98. The zero-order valence-electron chi connectivity index (χ0n) is 35.5. The van der Waals surface area contributed by atoms with E-state index in [9.17, 15) is 0 Å². The molecule has 0 saturated heterocycles. The van der Waals surface area contributed by atoms with Gasteiger partial charge in [-0.25, -0.2) is 19.9 Å². The second kappa shape index (κ2) is 14.6. The Bertz CT molecular complexity index is 3340. The Morgan fingerprint density at radius 2 is 1.10 bits per heavy atom. The summed E-state index contributed by atoms with van der Waals surface area (Å²) in [5.41, 5.74) is 15.1. The minimum absolute atomic E-state index is 0.200. The number of rotatable bonds is 8. The van der Waals surface area contributed by atoms with Crippen molar-refractivity contribution in [2.75, 3.05) is 0 Å². The molecule has 6 aromatic carbocycles. The van der Waals surface area contributed by atoms with Crippen LogP contribution in [0.15, 0.2) is 148 Å². The van der Waals surface area contributed by atoms with Crippen LogP contribution in [-0.2, 0) is 10.8 Å². The minimum Gasteiger partial charge on any atom is -0.441 e. The van der Waals surface area contributed by atoms with Gasteiger partial charge in [0.25, 0.3) is 0 Å². The lowest BCUT2D eigenvalue weighted by molar-refractivity contribution is 0.302. The molecule has 62 heavy (non-hydrogen) atoms. The van der Waals surface area contributed by atoms with E-state index < -0.39 is 0 Å². The fourth-order valence-corrected chi connectivity index (χ4v) is 10.7. The zero-order chi connectivity index (χ0) is 42.3. The number of fused-ring (bicyclic) bond motifs is 4. The maximum Gasteiger partial charge on any atom is 0.227 e. The fraction of sp³-hybridized carbons (Fsp3) is 0.185. The summed E-state index contributed by atoms with van der Waals surface area (Å²) in [6, 6.07) is 42.9. The first kappa shape index (κ1) is 38.4. The summed E-state index contributed by atoms with van der Waals surface area (Å²) >= 11 is 3.53. The first-order chi connectivity index (χ1) is 29.9. The Hall–Kier alpha value is -6.48. The SMILES string of the molecule is Cc1nc2cc(-c3ccc4oc(-c5ccc(-c6ccc(C(C)(C)C(C)(C)c7nc8cc9sc(-c%10ccc(C%11=CCC(C)C=C%11)cc%10)nc9cc8s7)cc6)cc5)nc4c3)ccc2o1. The molecule has 0 spiro atoms. The molecule has 11 rings (SSSR count). The van der Waals surface area contributed by atoms with Crippen LogP contribution in [0.25, 0.3) is 92.5 Å². The van der Waals surface area contributed by atoms with E-state index in [0.29, 0.717) is 17.7 Å². The van der Waals surface area contributed by atoms with Gasteiger partial charge in [-0.2, -0.15) is 0 Å². The van der Waals surface area contributed by atoms with Crippen LogP contribution in [0.1, 0.15) is 63.1 Å². The van der Waals surface area contributed by atoms with Gasteiger partial charge in [-0.3, -0.25) is 0 Å². The summed E-state index contributed by atoms with van der Waals surface area (Å²) in [6.45, 7) is 13.4. The van der Waals surface area contributed by atoms with Crippen molar-refractivity contribution in [3.8, 4) is 44.3 Å². The van der Waals surface area contributed by atoms with Crippen molar-refractivity contribution >= 4 is 70.9 Å². The largest absolute Gasteiger partial charge is 0.441 e. The lowest BCUT2D eigenvalue weighted by atomic mass is 9.64. The predicted octanol–water partition coefficient (Wildman–Crippen LogP) is 15.4. The van der Waals surface area contributed by atoms with Crippen LogP contribution < -0.4 is 0 Å². The van der Waals surface area contributed by atoms with Gasteiger partial charge in [0.1, 0.15) is 21.0 Å². The van der Waals surface area contributed by atoms with Crippen molar-refractivity contribution in [1.82, 2.24) is 19.9 Å².